The molecule has 0 radical (unpaired) electrons. The van der Waals surface area contributed by atoms with Crippen molar-refractivity contribution in [1.29, 1.82) is 0 Å². The lowest BCUT2D eigenvalue weighted by atomic mass is 10.1. The van der Waals surface area contributed by atoms with Crippen LogP contribution in [-0.2, 0) is 0 Å². The van der Waals surface area contributed by atoms with Crippen LogP contribution in [-0.4, -0.2) is 38.9 Å². The molecule has 1 aromatic carbocycles. The van der Waals surface area contributed by atoms with Crippen molar-refractivity contribution in [2.75, 3.05) is 12.9 Å². The van der Waals surface area contributed by atoms with Crippen molar-refractivity contribution in [1.82, 2.24) is 20.2 Å². The number of ether oxygens (including phenoxy) is 1. The molecular weight excluding hydrogens is 319 g/mol. The molecule has 2 aromatic rings. The molecule has 0 bridgehead atoms. The molecule has 6 nitrogen and oxygen atoms in total. The summed E-state index contributed by atoms with van der Waals surface area (Å²) >= 11 is 1.27. The minimum Gasteiger partial charge on any atom is -0.496 e. The first-order valence-electron chi connectivity index (χ1n) is 7.46. The molecule has 0 amide bonds. The molecule has 122 valence electrons. The molecule has 0 N–H and O–H groups in total. The van der Waals surface area contributed by atoms with Crippen molar-refractivity contribution in [2.24, 2.45) is 0 Å². The van der Waals surface area contributed by atoms with E-state index in [1.807, 2.05) is 0 Å². The van der Waals surface area contributed by atoms with Crippen LogP contribution in [0.1, 0.15) is 42.1 Å². The predicted octanol–water partition coefficient (Wildman–Crippen LogP) is 2.91. The SMILES string of the molecule is COc1ccc(F)cc1C(=O)CSc1nnnn1C1CCCC1. The van der Waals surface area contributed by atoms with Gasteiger partial charge in [0, 0.05) is 0 Å². The van der Waals surface area contributed by atoms with Crippen molar-refractivity contribution in [3.63, 3.8) is 0 Å². The summed E-state index contributed by atoms with van der Waals surface area (Å²) in [5.41, 5.74) is 0.236. The van der Waals surface area contributed by atoms with Gasteiger partial charge in [-0.25, -0.2) is 9.07 Å². The van der Waals surface area contributed by atoms with E-state index >= 15 is 0 Å². The van der Waals surface area contributed by atoms with Crippen molar-refractivity contribution in [2.45, 2.75) is 36.9 Å². The number of carbonyl (C=O) groups excluding carboxylic acids is 1. The number of Topliss-reactive ketones (excluding diaryl/α,β-unsaturated/α-hetero) is 1. The highest BCUT2D eigenvalue weighted by Crippen LogP contribution is 2.31. The smallest absolute Gasteiger partial charge is 0.210 e. The second-order valence-corrected chi connectivity index (χ2v) is 6.34. The fraction of sp³-hybridized carbons (Fsp3) is 0.467. The molecule has 1 aromatic heterocycles. The second kappa shape index (κ2) is 7.08. The average molecular weight is 336 g/mol. The molecule has 0 aliphatic heterocycles. The molecule has 1 saturated carbocycles. The van der Waals surface area contributed by atoms with Crippen molar-refractivity contribution in [3.8, 4) is 5.75 Å². The Morgan fingerprint density at radius 1 is 1.43 bits per heavy atom. The van der Waals surface area contributed by atoms with E-state index in [-0.39, 0.29) is 17.1 Å². The van der Waals surface area contributed by atoms with Gasteiger partial charge in [0.25, 0.3) is 0 Å². The number of tetrazole rings is 1. The third kappa shape index (κ3) is 3.52. The zero-order chi connectivity index (χ0) is 16.2. The van der Waals surface area contributed by atoms with Gasteiger partial charge in [0.1, 0.15) is 11.6 Å². The van der Waals surface area contributed by atoms with Crippen LogP contribution in [0.15, 0.2) is 23.4 Å². The highest BCUT2D eigenvalue weighted by atomic mass is 32.2. The molecule has 0 saturated heterocycles. The first kappa shape index (κ1) is 15.9. The van der Waals surface area contributed by atoms with Gasteiger partial charge in [0.15, 0.2) is 5.78 Å². The Hall–Kier alpha value is -1.96. The minimum atomic E-state index is -0.463. The number of rotatable bonds is 6. The summed E-state index contributed by atoms with van der Waals surface area (Å²) in [6.45, 7) is 0. The molecule has 1 fully saturated rings. The molecule has 0 spiro atoms. The number of nitrogens with zero attached hydrogens (tertiary/aromatic N) is 4. The van der Waals surface area contributed by atoms with Crippen LogP contribution in [0, 0.1) is 5.82 Å². The van der Waals surface area contributed by atoms with Crippen LogP contribution >= 0.6 is 11.8 Å². The summed E-state index contributed by atoms with van der Waals surface area (Å²) < 4.78 is 20.3. The number of halogens is 1. The monoisotopic (exact) mass is 336 g/mol. The van der Waals surface area contributed by atoms with Crippen LogP contribution in [0.4, 0.5) is 4.39 Å². The summed E-state index contributed by atoms with van der Waals surface area (Å²) in [7, 11) is 1.46. The topological polar surface area (TPSA) is 69.9 Å². The van der Waals surface area contributed by atoms with Crippen LogP contribution < -0.4 is 4.74 Å². The lowest BCUT2D eigenvalue weighted by Crippen LogP contribution is -2.10. The molecular formula is C15H17FN4O2S. The van der Waals surface area contributed by atoms with Gasteiger partial charge in [-0.2, -0.15) is 0 Å². The highest BCUT2D eigenvalue weighted by Gasteiger charge is 2.22. The predicted molar refractivity (Wildman–Crippen MR) is 83.3 cm³/mol. The maximum Gasteiger partial charge on any atom is 0.210 e. The number of methoxy groups -OCH3 is 1. The average Bonchev–Trinajstić information content (AvgIpc) is 3.23. The third-order valence-corrected chi connectivity index (χ3v) is 4.86. The fourth-order valence-corrected chi connectivity index (χ4v) is 3.59. The Labute approximate surface area is 137 Å². The van der Waals surface area contributed by atoms with E-state index in [0.717, 1.165) is 12.8 Å². The normalized spacial score (nSPS) is 15.0. The molecule has 23 heavy (non-hydrogen) atoms. The molecule has 0 atom stereocenters. The van der Waals surface area contributed by atoms with Crippen LogP contribution in [0.3, 0.4) is 0 Å². The molecule has 1 aliphatic rings. The van der Waals surface area contributed by atoms with E-state index in [9.17, 15) is 9.18 Å². The summed E-state index contributed by atoms with van der Waals surface area (Å²) in [6, 6.07) is 4.23. The van der Waals surface area contributed by atoms with Crippen molar-refractivity contribution >= 4 is 17.5 Å². The maximum atomic E-state index is 13.4. The van der Waals surface area contributed by atoms with Crippen molar-refractivity contribution < 1.29 is 13.9 Å². The summed E-state index contributed by atoms with van der Waals surface area (Å²) in [6.07, 6.45) is 4.47. The standard InChI is InChI=1S/C15H17FN4O2S/c1-22-14-7-6-10(16)8-12(14)13(21)9-23-15-17-18-19-20(15)11-4-2-3-5-11/h6-8,11H,2-5,9H2,1H3. The van der Waals surface area contributed by atoms with Gasteiger partial charge < -0.3 is 4.74 Å². The second-order valence-electron chi connectivity index (χ2n) is 5.40. The quantitative estimate of drug-likeness (QED) is 0.597. The van der Waals surface area contributed by atoms with Gasteiger partial charge in [-0.05, 0) is 41.5 Å². The molecule has 0 unspecified atom stereocenters. The number of hydrogen-bond donors (Lipinski definition) is 0. The zero-order valence-electron chi connectivity index (χ0n) is 12.7. The number of aromatic nitrogens is 4. The van der Waals surface area contributed by atoms with E-state index in [0.29, 0.717) is 16.9 Å². The van der Waals surface area contributed by atoms with E-state index in [4.69, 9.17) is 4.74 Å². The lowest BCUT2D eigenvalue weighted by Gasteiger charge is -2.11. The Morgan fingerprint density at radius 3 is 2.96 bits per heavy atom. The van der Waals surface area contributed by atoms with Crippen LogP contribution in [0.5, 0.6) is 5.75 Å². The van der Waals surface area contributed by atoms with E-state index in [2.05, 4.69) is 15.5 Å². The Bertz CT molecular complexity index is 701. The number of hydrogen-bond acceptors (Lipinski definition) is 6. The Morgan fingerprint density at radius 2 is 2.22 bits per heavy atom. The van der Waals surface area contributed by atoms with Gasteiger partial charge in [0.2, 0.25) is 5.16 Å². The Balaban J connectivity index is 1.70. The Kier molecular flexibility index (Phi) is 4.90. The largest absolute Gasteiger partial charge is 0.496 e. The highest BCUT2D eigenvalue weighted by molar-refractivity contribution is 7.99. The number of benzene rings is 1. The molecule has 1 aliphatic carbocycles. The maximum absolute atomic E-state index is 13.4. The van der Waals surface area contributed by atoms with E-state index in [1.54, 1.807) is 4.68 Å². The molecule has 1 heterocycles. The van der Waals surface area contributed by atoms with Gasteiger partial charge in [-0.1, -0.05) is 24.6 Å². The number of ketones is 1. The zero-order valence-corrected chi connectivity index (χ0v) is 13.6. The third-order valence-electron chi connectivity index (χ3n) is 3.93. The van der Waals surface area contributed by atoms with E-state index < -0.39 is 5.82 Å². The van der Waals surface area contributed by atoms with Gasteiger partial charge in [0.05, 0.1) is 24.5 Å². The lowest BCUT2D eigenvalue weighted by molar-refractivity contribution is 0.101. The first-order valence-corrected chi connectivity index (χ1v) is 8.45. The fourth-order valence-electron chi connectivity index (χ4n) is 2.76. The molecule has 3 rings (SSSR count). The van der Waals surface area contributed by atoms with Crippen LogP contribution in [0.25, 0.3) is 0 Å². The summed E-state index contributed by atoms with van der Waals surface area (Å²) in [5, 5.41) is 12.4. The number of carbonyl (C=O) groups is 1. The minimum absolute atomic E-state index is 0.132. The molecule has 8 heteroatoms. The van der Waals surface area contributed by atoms with Gasteiger partial charge >= 0.3 is 0 Å². The van der Waals surface area contributed by atoms with Gasteiger partial charge in [-0.15, -0.1) is 5.10 Å². The van der Waals surface area contributed by atoms with Gasteiger partial charge in [-0.3, -0.25) is 4.79 Å². The summed E-state index contributed by atoms with van der Waals surface area (Å²) in [5.74, 6) is -0.179. The number of thioether (sulfide) groups is 1. The first-order chi connectivity index (χ1) is 11.2. The van der Waals surface area contributed by atoms with E-state index in [1.165, 1.54) is 49.9 Å². The summed E-state index contributed by atoms with van der Waals surface area (Å²) in [4.78, 5) is 12.4. The van der Waals surface area contributed by atoms with Crippen LogP contribution in [0.2, 0.25) is 0 Å². The van der Waals surface area contributed by atoms with Crippen molar-refractivity contribution in [3.05, 3.63) is 29.6 Å².